The van der Waals surface area contributed by atoms with Crippen LogP contribution in [0.2, 0.25) is 0 Å². The molecule has 3 rings (SSSR count). The fourth-order valence-corrected chi connectivity index (χ4v) is 3.84. The number of aromatic nitrogens is 3. The largest absolute Gasteiger partial charge is 0.384 e. The highest BCUT2D eigenvalue weighted by molar-refractivity contribution is 7.91. The van der Waals surface area contributed by atoms with Crippen LogP contribution >= 0.6 is 0 Å². The topological polar surface area (TPSA) is 112 Å². The number of anilines is 1. The van der Waals surface area contributed by atoms with E-state index in [0.717, 1.165) is 0 Å². The number of sulfone groups is 1. The average molecular weight is 280 g/mol. The minimum absolute atomic E-state index is 0.0878. The summed E-state index contributed by atoms with van der Waals surface area (Å²) in [4.78, 5) is 8.12. The van der Waals surface area contributed by atoms with Gasteiger partial charge in [-0.15, -0.1) is 0 Å². The number of nitrogens with two attached hydrogens (primary N) is 1. The predicted molar refractivity (Wildman–Crippen MR) is 68.0 cm³/mol. The van der Waals surface area contributed by atoms with Crippen molar-refractivity contribution in [3.05, 3.63) is 24.2 Å². The molecule has 100 valence electrons. The van der Waals surface area contributed by atoms with Crippen LogP contribution in [-0.4, -0.2) is 35.0 Å². The van der Waals surface area contributed by atoms with Crippen LogP contribution in [0.25, 0.3) is 11.5 Å². The van der Waals surface area contributed by atoms with E-state index in [1.807, 2.05) is 0 Å². The van der Waals surface area contributed by atoms with Crippen molar-refractivity contribution in [3.8, 4) is 11.5 Å². The zero-order valence-electron chi connectivity index (χ0n) is 9.98. The van der Waals surface area contributed by atoms with Crippen LogP contribution in [0.1, 0.15) is 18.2 Å². The molecule has 0 bridgehead atoms. The molecule has 7 nitrogen and oxygen atoms in total. The summed E-state index contributed by atoms with van der Waals surface area (Å²) in [5.74, 6) is 1.22. The van der Waals surface area contributed by atoms with Gasteiger partial charge in [0.25, 0.3) is 5.89 Å². The second-order valence-electron chi connectivity index (χ2n) is 4.53. The lowest BCUT2D eigenvalue weighted by molar-refractivity contribution is 0.418. The van der Waals surface area contributed by atoms with Crippen molar-refractivity contribution >= 4 is 15.7 Å². The third-order valence-corrected chi connectivity index (χ3v) is 4.84. The van der Waals surface area contributed by atoms with E-state index in [1.165, 1.54) is 0 Å². The van der Waals surface area contributed by atoms with Crippen molar-refractivity contribution in [1.29, 1.82) is 0 Å². The van der Waals surface area contributed by atoms with E-state index >= 15 is 0 Å². The molecule has 0 radical (unpaired) electrons. The Morgan fingerprint density at radius 2 is 2.26 bits per heavy atom. The Balaban J connectivity index is 1.88. The van der Waals surface area contributed by atoms with Gasteiger partial charge in [-0.1, -0.05) is 5.16 Å². The Morgan fingerprint density at radius 1 is 1.42 bits per heavy atom. The zero-order valence-corrected chi connectivity index (χ0v) is 10.8. The van der Waals surface area contributed by atoms with Gasteiger partial charge in [0.1, 0.15) is 5.82 Å². The highest BCUT2D eigenvalue weighted by Crippen LogP contribution is 2.28. The summed E-state index contributed by atoms with van der Waals surface area (Å²) < 4.78 is 28.0. The maximum Gasteiger partial charge on any atom is 0.258 e. The van der Waals surface area contributed by atoms with Crippen molar-refractivity contribution in [2.45, 2.75) is 12.3 Å². The molecule has 2 N–H and O–H groups in total. The summed E-state index contributed by atoms with van der Waals surface area (Å²) in [5, 5.41) is 3.86. The molecule has 2 aromatic heterocycles. The fraction of sp³-hybridized carbons (Fsp3) is 0.364. The minimum Gasteiger partial charge on any atom is -0.384 e. The molecule has 19 heavy (non-hydrogen) atoms. The van der Waals surface area contributed by atoms with Crippen LogP contribution in [0.5, 0.6) is 0 Å². The molecular weight excluding hydrogens is 268 g/mol. The zero-order chi connectivity index (χ0) is 13.5. The van der Waals surface area contributed by atoms with Crippen LogP contribution < -0.4 is 5.73 Å². The van der Waals surface area contributed by atoms with Gasteiger partial charge in [-0.25, -0.2) is 13.4 Å². The highest BCUT2D eigenvalue weighted by atomic mass is 32.2. The lowest BCUT2D eigenvalue weighted by Gasteiger charge is -1.98. The monoisotopic (exact) mass is 280 g/mol. The number of pyridine rings is 1. The number of nitrogens with zero attached hydrogens (tertiary/aromatic N) is 3. The molecule has 1 aliphatic heterocycles. The minimum atomic E-state index is -2.96. The van der Waals surface area contributed by atoms with Crippen LogP contribution in [0, 0.1) is 0 Å². The molecule has 0 spiro atoms. The quantitative estimate of drug-likeness (QED) is 0.857. The van der Waals surface area contributed by atoms with Gasteiger partial charge in [0.15, 0.2) is 15.7 Å². The molecule has 1 fully saturated rings. The summed E-state index contributed by atoms with van der Waals surface area (Å²) >= 11 is 0. The van der Waals surface area contributed by atoms with Gasteiger partial charge in [-0.05, 0) is 18.6 Å². The van der Waals surface area contributed by atoms with E-state index in [2.05, 4.69) is 15.1 Å². The first-order chi connectivity index (χ1) is 9.03. The van der Waals surface area contributed by atoms with Gasteiger partial charge in [0, 0.05) is 17.7 Å². The van der Waals surface area contributed by atoms with E-state index in [4.69, 9.17) is 10.3 Å². The fourth-order valence-electron chi connectivity index (χ4n) is 2.10. The normalized spacial score (nSPS) is 21.6. The van der Waals surface area contributed by atoms with Crippen molar-refractivity contribution in [3.63, 3.8) is 0 Å². The third-order valence-electron chi connectivity index (χ3n) is 3.07. The summed E-state index contributed by atoms with van der Waals surface area (Å²) in [6, 6.07) is 3.34. The van der Waals surface area contributed by atoms with E-state index in [1.54, 1.807) is 18.3 Å². The van der Waals surface area contributed by atoms with Crippen molar-refractivity contribution < 1.29 is 12.9 Å². The van der Waals surface area contributed by atoms with E-state index < -0.39 is 9.84 Å². The van der Waals surface area contributed by atoms with Crippen molar-refractivity contribution in [2.75, 3.05) is 17.2 Å². The summed E-state index contributed by atoms with van der Waals surface area (Å²) in [5.41, 5.74) is 6.25. The standard InChI is InChI=1S/C11H12N4O3S/c12-9-5-7(1-3-13-9)11-14-10(15-18-11)8-2-4-19(16,17)6-8/h1,3,5,8H,2,4,6H2,(H2,12,13). The van der Waals surface area contributed by atoms with Crippen LogP contribution in [-0.2, 0) is 9.84 Å². The van der Waals surface area contributed by atoms with Gasteiger partial charge in [-0.2, -0.15) is 4.98 Å². The van der Waals surface area contributed by atoms with Gasteiger partial charge < -0.3 is 10.3 Å². The summed E-state index contributed by atoms with van der Waals surface area (Å²) in [6.07, 6.45) is 2.09. The maximum absolute atomic E-state index is 11.4. The highest BCUT2D eigenvalue weighted by Gasteiger charge is 2.32. The number of rotatable bonds is 2. The van der Waals surface area contributed by atoms with Crippen molar-refractivity contribution in [2.24, 2.45) is 0 Å². The van der Waals surface area contributed by atoms with E-state index in [9.17, 15) is 8.42 Å². The van der Waals surface area contributed by atoms with Gasteiger partial charge in [-0.3, -0.25) is 0 Å². The molecule has 1 unspecified atom stereocenters. The number of nitrogen functional groups attached to an aromatic ring is 1. The Hall–Kier alpha value is -1.96. The predicted octanol–water partition coefficient (Wildman–Crippen LogP) is 0.616. The Morgan fingerprint density at radius 3 is 2.95 bits per heavy atom. The van der Waals surface area contributed by atoms with Gasteiger partial charge >= 0.3 is 0 Å². The van der Waals surface area contributed by atoms with Crippen LogP contribution in [0.4, 0.5) is 5.82 Å². The van der Waals surface area contributed by atoms with Crippen LogP contribution in [0.3, 0.4) is 0 Å². The molecule has 3 heterocycles. The molecule has 0 aliphatic carbocycles. The molecule has 1 saturated heterocycles. The van der Waals surface area contributed by atoms with E-state index in [0.29, 0.717) is 29.5 Å². The second-order valence-corrected chi connectivity index (χ2v) is 6.76. The number of hydrogen-bond donors (Lipinski definition) is 1. The SMILES string of the molecule is Nc1cc(-c2nc(C3CCS(=O)(=O)C3)no2)ccn1. The first kappa shape index (κ1) is 12.1. The Bertz CT molecular complexity index is 710. The first-order valence-electron chi connectivity index (χ1n) is 5.79. The molecule has 0 saturated carbocycles. The lowest BCUT2D eigenvalue weighted by Crippen LogP contribution is -2.05. The first-order valence-corrected chi connectivity index (χ1v) is 7.61. The molecular formula is C11H12N4O3S. The molecule has 8 heteroatoms. The summed E-state index contributed by atoms with van der Waals surface area (Å²) in [6.45, 7) is 0. The second kappa shape index (κ2) is 4.30. The lowest BCUT2D eigenvalue weighted by atomic mass is 10.1. The summed E-state index contributed by atoms with van der Waals surface area (Å²) in [7, 11) is -2.96. The smallest absolute Gasteiger partial charge is 0.258 e. The molecule has 0 aromatic carbocycles. The third kappa shape index (κ3) is 2.43. The van der Waals surface area contributed by atoms with Crippen LogP contribution in [0.15, 0.2) is 22.9 Å². The Kier molecular flexibility index (Phi) is 2.74. The van der Waals surface area contributed by atoms with Gasteiger partial charge in [0.2, 0.25) is 0 Å². The molecule has 0 amide bonds. The average Bonchev–Trinajstić information content (AvgIpc) is 2.95. The Labute approximate surface area is 109 Å². The molecule has 1 atom stereocenters. The molecule has 1 aliphatic rings. The maximum atomic E-state index is 11.4. The van der Waals surface area contributed by atoms with E-state index in [-0.39, 0.29) is 17.4 Å². The number of hydrogen-bond acceptors (Lipinski definition) is 7. The van der Waals surface area contributed by atoms with Gasteiger partial charge in [0.05, 0.1) is 11.5 Å². The molecule has 2 aromatic rings. The van der Waals surface area contributed by atoms with Crippen molar-refractivity contribution in [1.82, 2.24) is 15.1 Å².